The molecular formula is C34H41N5O3. The Hall–Kier alpha value is -3.80. The van der Waals surface area contributed by atoms with Crippen LogP contribution in [0.3, 0.4) is 0 Å². The van der Waals surface area contributed by atoms with E-state index in [0.717, 1.165) is 54.5 Å². The van der Waals surface area contributed by atoms with Gasteiger partial charge in [-0.3, -0.25) is 9.36 Å². The first-order chi connectivity index (χ1) is 20.0. The summed E-state index contributed by atoms with van der Waals surface area (Å²) in [6.45, 7) is 9.63. The van der Waals surface area contributed by atoms with Crippen LogP contribution in [0.2, 0.25) is 0 Å². The molecule has 1 atom stereocenters. The summed E-state index contributed by atoms with van der Waals surface area (Å²) in [7, 11) is 0. The predicted molar refractivity (Wildman–Crippen MR) is 163 cm³/mol. The Morgan fingerprint density at radius 3 is 2.55 bits per heavy atom. The number of hydrogen-bond acceptors (Lipinski definition) is 6. The molecule has 1 fully saturated rings. The topological polar surface area (TPSA) is 105 Å². The van der Waals surface area contributed by atoms with Gasteiger partial charge in [-0.25, -0.2) is 4.52 Å². The Labute approximate surface area is 247 Å². The molecular weight excluding hydrogens is 526 g/mol. The lowest BCUT2D eigenvalue weighted by Gasteiger charge is -2.42. The molecule has 0 radical (unpaired) electrons. The van der Waals surface area contributed by atoms with Crippen molar-refractivity contribution >= 4 is 5.78 Å². The second-order valence-corrected chi connectivity index (χ2v) is 12.5. The molecule has 1 aliphatic rings. The SMILES string of the molecule is CCCc1c(Cc2ccc(-c3ccccc3)c(C#N)c2)c(=O)n(C2CCC(C)(OC(C)C(C)(C)O)CC2)c2ncnn12. The number of rotatable bonds is 9. The van der Waals surface area contributed by atoms with E-state index in [1.807, 2.05) is 64.5 Å². The number of aryl methyl sites for hydroxylation is 1. The van der Waals surface area contributed by atoms with Gasteiger partial charge in [0, 0.05) is 18.0 Å². The van der Waals surface area contributed by atoms with Crippen molar-refractivity contribution < 1.29 is 9.84 Å². The zero-order chi connectivity index (χ0) is 30.1. The molecule has 0 spiro atoms. The molecule has 0 saturated heterocycles. The number of aliphatic hydroxyl groups is 1. The molecule has 1 N–H and O–H groups in total. The molecule has 4 aromatic rings. The summed E-state index contributed by atoms with van der Waals surface area (Å²) in [5, 5.41) is 24.9. The molecule has 2 heterocycles. The van der Waals surface area contributed by atoms with E-state index in [2.05, 4.69) is 30.0 Å². The first kappa shape index (κ1) is 29.7. The highest BCUT2D eigenvalue weighted by molar-refractivity contribution is 5.71. The fourth-order valence-corrected chi connectivity index (χ4v) is 6.11. The summed E-state index contributed by atoms with van der Waals surface area (Å²) < 4.78 is 10.0. The molecule has 5 rings (SSSR count). The maximum Gasteiger partial charge on any atom is 0.259 e. The molecule has 220 valence electrons. The van der Waals surface area contributed by atoms with Gasteiger partial charge < -0.3 is 9.84 Å². The van der Waals surface area contributed by atoms with Gasteiger partial charge in [0.15, 0.2) is 0 Å². The zero-order valence-electron chi connectivity index (χ0n) is 25.3. The lowest BCUT2D eigenvalue weighted by molar-refractivity contribution is -0.163. The fraction of sp³-hybridized carbons (Fsp3) is 0.471. The van der Waals surface area contributed by atoms with E-state index in [1.165, 1.54) is 6.33 Å². The van der Waals surface area contributed by atoms with Crippen molar-refractivity contribution in [3.63, 3.8) is 0 Å². The van der Waals surface area contributed by atoms with Crippen LogP contribution >= 0.6 is 0 Å². The van der Waals surface area contributed by atoms with Crippen LogP contribution in [-0.4, -0.2) is 41.6 Å². The van der Waals surface area contributed by atoms with Gasteiger partial charge in [-0.2, -0.15) is 15.3 Å². The summed E-state index contributed by atoms with van der Waals surface area (Å²) in [5.74, 6) is 0.573. The van der Waals surface area contributed by atoms with Crippen LogP contribution in [0.15, 0.2) is 59.7 Å². The van der Waals surface area contributed by atoms with Gasteiger partial charge >= 0.3 is 0 Å². The summed E-state index contributed by atoms with van der Waals surface area (Å²) >= 11 is 0. The van der Waals surface area contributed by atoms with E-state index in [9.17, 15) is 15.2 Å². The molecule has 1 aliphatic carbocycles. The Morgan fingerprint density at radius 2 is 1.90 bits per heavy atom. The van der Waals surface area contributed by atoms with Crippen molar-refractivity contribution in [3.8, 4) is 17.2 Å². The van der Waals surface area contributed by atoms with Crippen LogP contribution in [0, 0.1) is 11.3 Å². The van der Waals surface area contributed by atoms with Crippen molar-refractivity contribution in [2.75, 3.05) is 0 Å². The van der Waals surface area contributed by atoms with Gasteiger partial charge in [-0.1, -0.05) is 55.8 Å². The summed E-state index contributed by atoms with van der Waals surface area (Å²) in [4.78, 5) is 18.9. The Kier molecular flexibility index (Phi) is 8.36. The normalized spacial score (nSPS) is 20.0. The number of hydrogen-bond donors (Lipinski definition) is 1. The highest BCUT2D eigenvalue weighted by Gasteiger charge is 2.38. The predicted octanol–water partition coefficient (Wildman–Crippen LogP) is 6.02. The fourth-order valence-electron chi connectivity index (χ4n) is 6.11. The standard InChI is InChI=1S/C34H41N5O3/c1-6-10-30-29(20-24-13-14-28(26(19-24)21-35)25-11-8-7-9-12-25)31(40)38(32-36-22-37-39(30)32)27-15-17-34(5,18-16-27)42-23(2)33(3,4)41/h7-9,11-14,19,22-23,27,41H,6,10,15-18,20H2,1-5H3. The summed E-state index contributed by atoms with van der Waals surface area (Å²) in [5.41, 5.74) is 3.61. The van der Waals surface area contributed by atoms with Crippen molar-refractivity contribution in [3.05, 3.63) is 87.6 Å². The quantitative estimate of drug-likeness (QED) is 0.265. The lowest BCUT2D eigenvalue weighted by atomic mass is 9.82. The minimum atomic E-state index is -0.931. The molecule has 0 amide bonds. The van der Waals surface area contributed by atoms with Gasteiger partial charge in [0.1, 0.15) is 6.33 Å². The number of aromatic nitrogens is 4. The largest absolute Gasteiger partial charge is 0.388 e. The summed E-state index contributed by atoms with van der Waals surface area (Å²) in [6.07, 6.45) is 6.23. The number of nitrogens with zero attached hydrogens (tertiary/aromatic N) is 5. The third-order valence-corrected chi connectivity index (χ3v) is 8.82. The van der Waals surface area contributed by atoms with Crippen LogP contribution in [-0.2, 0) is 17.6 Å². The maximum atomic E-state index is 14.3. The first-order valence-electron chi connectivity index (χ1n) is 15.0. The molecule has 0 bridgehead atoms. The highest BCUT2D eigenvalue weighted by atomic mass is 16.5. The van der Waals surface area contributed by atoms with Crippen LogP contribution in [0.5, 0.6) is 0 Å². The molecule has 1 unspecified atom stereocenters. The average molecular weight is 568 g/mol. The lowest BCUT2D eigenvalue weighted by Crippen LogP contribution is -2.45. The number of benzene rings is 2. The third-order valence-electron chi connectivity index (χ3n) is 8.82. The monoisotopic (exact) mass is 567 g/mol. The van der Waals surface area contributed by atoms with Crippen molar-refractivity contribution in [2.45, 2.75) is 103 Å². The maximum absolute atomic E-state index is 14.3. The zero-order valence-corrected chi connectivity index (χ0v) is 25.3. The summed E-state index contributed by atoms with van der Waals surface area (Å²) in [6, 6.07) is 18.1. The van der Waals surface area contributed by atoms with E-state index in [0.29, 0.717) is 29.7 Å². The molecule has 42 heavy (non-hydrogen) atoms. The number of fused-ring (bicyclic) bond motifs is 1. The Morgan fingerprint density at radius 1 is 1.19 bits per heavy atom. The van der Waals surface area contributed by atoms with Crippen LogP contribution < -0.4 is 5.56 Å². The van der Waals surface area contributed by atoms with E-state index >= 15 is 0 Å². The second-order valence-electron chi connectivity index (χ2n) is 12.5. The Balaban J connectivity index is 1.50. The van der Waals surface area contributed by atoms with Gasteiger partial charge in [-0.15, -0.1) is 0 Å². The van der Waals surface area contributed by atoms with E-state index in [4.69, 9.17) is 4.74 Å². The molecule has 2 aromatic heterocycles. The van der Waals surface area contributed by atoms with Crippen LogP contribution in [0.1, 0.15) is 95.1 Å². The smallest absolute Gasteiger partial charge is 0.259 e. The van der Waals surface area contributed by atoms with Crippen molar-refractivity contribution in [1.82, 2.24) is 19.2 Å². The average Bonchev–Trinajstić information content (AvgIpc) is 3.45. The van der Waals surface area contributed by atoms with E-state index in [1.54, 1.807) is 13.8 Å². The molecule has 1 saturated carbocycles. The highest BCUT2D eigenvalue weighted by Crippen LogP contribution is 2.39. The van der Waals surface area contributed by atoms with Crippen molar-refractivity contribution in [1.29, 1.82) is 5.26 Å². The molecule has 8 heteroatoms. The molecule has 2 aromatic carbocycles. The van der Waals surface area contributed by atoms with Gasteiger partial charge in [0.25, 0.3) is 5.56 Å². The number of nitriles is 1. The second kappa shape index (κ2) is 11.8. The molecule has 8 nitrogen and oxygen atoms in total. The first-order valence-corrected chi connectivity index (χ1v) is 15.0. The Bertz CT molecular complexity index is 1650. The number of ether oxygens (including phenoxy) is 1. The minimum absolute atomic E-state index is 0.0380. The van der Waals surface area contributed by atoms with Crippen molar-refractivity contribution in [2.24, 2.45) is 0 Å². The minimum Gasteiger partial charge on any atom is -0.388 e. The molecule has 0 aliphatic heterocycles. The van der Waals surface area contributed by atoms with Gasteiger partial charge in [0.2, 0.25) is 5.78 Å². The third kappa shape index (κ3) is 5.90. The van der Waals surface area contributed by atoms with E-state index < -0.39 is 5.60 Å². The van der Waals surface area contributed by atoms with E-state index in [-0.39, 0.29) is 23.3 Å². The van der Waals surface area contributed by atoms with Gasteiger partial charge in [0.05, 0.1) is 34.6 Å². The van der Waals surface area contributed by atoms with Gasteiger partial charge in [-0.05, 0) is 82.6 Å². The van der Waals surface area contributed by atoms with Crippen LogP contribution in [0.25, 0.3) is 16.9 Å². The van der Waals surface area contributed by atoms with Crippen LogP contribution in [0.4, 0.5) is 0 Å².